The first kappa shape index (κ1) is 12.0. The molecule has 0 radical (unpaired) electrons. The van der Waals surface area contributed by atoms with Crippen molar-refractivity contribution in [2.75, 3.05) is 6.61 Å². The molecule has 0 amide bonds. The Morgan fingerprint density at radius 3 is 2.21 bits per heavy atom. The predicted molar refractivity (Wildman–Crippen MR) is 40.9 cm³/mol. The fourth-order valence-corrected chi connectivity index (χ4v) is 1.53. The molecule has 1 saturated heterocycles. The first-order chi connectivity index (χ1) is 6.35. The van der Waals surface area contributed by atoms with Gasteiger partial charge in [0.2, 0.25) is 0 Å². The van der Waals surface area contributed by atoms with E-state index in [-0.39, 0.29) is 0 Å². The van der Waals surface area contributed by atoms with Crippen molar-refractivity contribution in [3.05, 3.63) is 0 Å². The van der Waals surface area contributed by atoms with Crippen LogP contribution in [-0.4, -0.2) is 56.3 Å². The lowest BCUT2D eigenvalue weighted by atomic mass is 10.1. The van der Waals surface area contributed by atoms with Gasteiger partial charge in [0.05, 0.1) is 6.61 Å². The topological polar surface area (TPSA) is 137 Å². The van der Waals surface area contributed by atoms with E-state index in [9.17, 15) is 4.57 Å². The first-order valence-corrected chi connectivity index (χ1v) is 5.24. The summed E-state index contributed by atoms with van der Waals surface area (Å²) >= 11 is 0. The second-order valence-corrected chi connectivity index (χ2v) is 3.99. The van der Waals surface area contributed by atoms with Crippen LogP contribution in [0.5, 0.6) is 0 Å². The monoisotopic (exact) mass is 230 g/mol. The maximum absolute atomic E-state index is 10.4. The summed E-state index contributed by atoms with van der Waals surface area (Å²) in [5.41, 5.74) is 0. The summed E-state index contributed by atoms with van der Waals surface area (Å²) in [4.78, 5) is 16.8. The largest absolute Gasteiger partial charge is 0.472 e. The molecule has 9 heteroatoms. The molecule has 1 unspecified atom stereocenters. The molecule has 0 aliphatic carbocycles. The number of phosphoric acid groups is 1. The molecule has 4 atom stereocenters. The van der Waals surface area contributed by atoms with E-state index < -0.39 is 39.0 Å². The van der Waals surface area contributed by atoms with E-state index in [0.717, 1.165) is 0 Å². The van der Waals surface area contributed by atoms with Crippen LogP contribution in [0.25, 0.3) is 0 Å². The Balaban J connectivity index is 2.61. The van der Waals surface area contributed by atoms with E-state index in [1.807, 2.05) is 0 Å². The zero-order valence-electron chi connectivity index (χ0n) is 6.92. The third-order valence-electron chi connectivity index (χ3n) is 1.74. The van der Waals surface area contributed by atoms with Crippen molar-refractivity contribution in [3.8, 4) is 0 Å². The number of hydrogen-bond donors (Lipinski definition) is 5. The highest BCUT2D eigenvalue weighted by atomic mass is 31.2. The van der Waals surface area contributed by atoms with Crippen LogP contribution >= 0.6 is 7.82 Å². The molecular weight excluding hydrogens is 219 g/mol. The molecule has 5 N–H and O–H groups in total. The highest BCUT2D eigenvalue weighted by molar-refractivity contribution is 7.46. The number of phosphoric ester groups is 1. The molecule has 0 aromatic rings. The van der Waals surface area contributed by atoms with Gasteiger partial charge in [-0.1, -0.05) is 0 Å². The zero-order valence-corrected chi connectivity index (χ0v) is 7.82. The number of aliphatic hydroxyl groups is 3. The third-order valence-corrected chi connectivity index (χ3v) is 2.22. The van der Waals surface area contributed by atoms with E-state index in [1.165, 1.54) is 0 Å². The minimum atomic E-state index is -4.79. The number of rotatable bonds is 3. The average molecular weight is 230 g/mol. The van der Waals surface area contributed by atoms with Gasteiger partial charge in [0, 0.05) is 0 Å². The molecule has 1 fully saturated rings. The predicted octanol–water partition coefficient (Wildman–Crippen LogP) is -2.47. The first-order valence-electron chi connectivity index (χ1n) is 3.71. The van der Waals surface area contributed by atoms with Crippen LogP contribution in [0, 0.1) is 0 Å². The standard InChI is InChI=1S/C5H11O8P/c6-1-2-3(7)4(8)5(12-2)13-14(9,10)11/h2-8H,1H2,(H2,9,10,11)/t2-,3-,4+,5?/m1/s1. The maximum atomic E-state index is 10.4. The quantitative estimate of drug-likeness (QED) is 0.336. The molecule has 0 saturated carbocycles. The molecule has 1 aliphatic rings. The fraction of sp³-hybridized carbons (Fsp3) is 1.00. The average Bonchev–Trinajstić information content (AvgIpc) is 2.30. The van der Waals surface area contributed by atoms with Crippen molar-refractivity contribution in [1.29, 1.82) is 0 Å². The smallest absolute Gasteiger partial charge is 0.394 e. The van der Waals surface area contributed by atoms with Crippen LogP contribution in [0.1, 0.15) is 0 Å². The molecule has 0 bridgehead atoms. The summed E-state index contributed by atoms with van der Waals surface area (Å²) in [6.07, 6.45) is -5.78. The SMILES string of the molecule is O=P(O)(O)OC1O[C@H](CO)[C@@H](O)[C@@H]1O. The van der Waals surface area contributed by atoms with Crippen LogP contribution in [0.2, 0.25) is 0 Å². The van der Waals surface area contributed by atoms with Crippen molar-refractivity contribution in [2.24, 2.45) is 0 Å². The Morgan fingerprint density at radius 2 is 1.86 bits per heavy atom. The van der Waals surface area contributed by atoms with Gasteiger partial charge in [-0.15, -0.1) is 0 Å². The molecule has 84 valence electrons. The zero-order chi connectivity index (χ0) is 10.9. The molecule has 1 rings (SSSR count). The van der Waals surface area contributed by atoms with Gasteiger partial charge in [0.15, 0.2) is 6.29 Å². The molecule has 1 aliphatic heterocycles. The maximum Gasteiger partial charge on any atom is 0.472 e. The van der Waals surface area contributed by atoms with E-state index in [2.05, 4.69) is 9.26 Å². The lowest BCUT2D eigenvalue weighted by Gasteiger charge is -2.15. The molecule has 0 spiro atoms. The van der Waals surface area contributed by atoms with E-state index in [0.29, 0.717) is 0 Å². The van der Waals surface area contributed by atoms with Gasteiger partial charge in [0.1, 0.15) is 18.3 Å². The number of aliphatic hydroxyl groups excluding tert-OH is 3. The summed E-state index contributed by atoms with van der Waals surface area (Å²) < 4.78 is 19.1. The van der Waals surface area contributed by atoms with Crippen molar-refractivity contribution in [1.82, 2.24) is 0 Å². The summed E-state index contributed by atoms with van der Waals surface area (Å²) in [6, 6.07) is 0. The Labute approximate surface area is 78.9 Å². The Bertz CT molecular complexity index is 238. The lowest BCUT2D eigenvalue weighted by molar-refractivity contribution is -0.126. The van der Waals surface area contributed by atoms with Gasteiger partial charge >= 0.3 is 7.82 Å². The Kier molecular flexibility index (Phi) is 3.62. The Hall–Kier alpha value is -0.0500. The summed E-state index contributed by atoms with van der Waals surface area (Å²) in [6.45, 7) is -0.584. The minimum absolute atomic E-state index is 0.584. The second kappa shape index (κ2) is 4.21. The number of hydrogen-bond acceptors (Lipinski definition) is 6. The van der Waals surface area contributed by atoms with Gasteiger partial charge in [-0.3, -0.25) is 4.52 Å². The van der Waals surface area contributed by atoms with Crippen molar-refractivity contribution >= 4 is 7.82 Å². The van der Waals surface area contributed by atoms with Crippen molar-refractivity contribution in [2.45, 2.75) is 24.6 Å². The van der Waals surface area contributed by atoms with Crippen molar-refractivity contribution < 1.29 is 38.9 Å². The third kappa shape index (κ3) is 2.72. The summed E-state index contributed by atoms with van der Waals surface area (Å²) in [5, 5.41) is 26.9. The van der Waals surface area contributed by atoms with Gasteiger partial charge in [0.25, 0.3) is 0 Å². The summed E-state index contributed by atoms with van der Waals surface area (Å²) in [5.74, 6) is 0. The number of ether oxygens (including phenoxy) is 1. The normalized spacial score (nSPS) is 38.9. The molecule has 0 aromatic heterocycles. The van der Waals surface area contributed by atoms with Gasteiger partial charge < -0.3 is 29.8 Å². The lowest BCUT2D eigenvalue weighted by Crippen LogP contribution is -2.34. The van der Waals surface area contributed by atoms with Crippen molar-refractivity contribution in [3.63, 3.8) is 0 Å². The van der Waals surface area contributed by atoms with Crippen LogP contribution < -0.4 is 0 Å². The second-order valence-electron chi connectivity index (χ2n) is 2.80. The van der Waals surface area contributed by atoms with Gasteiger partial charge in [-0.25, -0.2) is 4.57 Å². The van der Waals surface area contributed by atoms with E-state index in [4.69, 9.17) is 25.1 Å². The summed E-state index contributed by atoms with van der Waals surface area (Å²) in [7, 11) is -4.79. The molecule has 1 heterocycles. The highest BCUT2D eigenvalue weighted by Gasteiger charge is 2.45. The van der Waals surface area contributed by atoms with Gasteiger partial charge in [-0.05, 0) is 0 Å². The minimum Gasteiger partial charge on any atom is -0.394 e. The fourth-order valence-electron chi connectivity index (χ4n) is 1.09. The van der Waals surface area contributed by atoms with Crippen LogP contribution in [-0.2, 0) is 13.8 Å². The van der Waals surface area contributed by atoms with E-state index >= 15 is 0 Å². The van der Waals surface area contributed by atoms with Gasteiger partial charge in [-0.2, -0.15) is 0 Å². The molecule has 0 aromatic carbocycles. The van der Waals surface area contributed by atoms with E-state index in [1.54, 1.807) is 0 Å². The van der Waals surface area contributed by atoms with Crippen LogP contribution in [0.4, 0.5) is 0 Å². The molecule has 8 nitrogen and oxygen atoms in total. The highest BCUT2D eigenvalue weighted by Crippen LogP contribution is 2.40. The van der Waals surface area contributed by atoms with Crippen LogP contribution in [0.3, 0.4) is 0 Å². The van der Waals surface area contributed by atoms with Crippen LogP contribution in [0.15, 0.2) is 0 Å². The Morgan fingerprint density at radius 1 is 1.29 bits per heavy atom. The molecular formula is C5H11O8P. The molecule has 14 heavy (non-hydrogen) atoms.